The van der Waals surface area contributed by atoms with Crippen molar-refractivity contribution in [3.63, 3.8) is 0 Å². The summed E-state index contributed by atoms with van der Waals surface area (Å²) in [6, 6.07) is 0. The zero-order valence-corrected chi connectivity index (χ0v) is 22.3. The van der Waals surface area contributed by atoms with E-state index in [2.05, 4.69) is 9.97 Å². The molecule has 2 aromatic heterocycles. The van der Waals surface area contributed by atoms with Gasteiger partial charge in [0, 0.05) is 18.8 Å². The molecule has 14 heteroatoms. The molecule has 3 heterocycles. The third kappa shape index (κ3) is 5.08. The van der Waals surface area contributed by atoms with Gasteiger partial charge < -0.3 is 29.9 Å². The first-order valence-electron chi connectivity index (χ1n) is 11.9. The van der Waals surface area contributed by atoms with Gasteiger partial charge in [-0.2, -0.15) is 0 Å². The summed E-state index contributed by atoms with van der Waals surface area (Å²) in [5.41, 5.74) is -2.15. The molecule has 3 rings (SSSR count). The maximum atomic E-state index is 13.8. The summed E-state index contributed by atoms with van der Waals surface area (Å²) in [7, 11) is -4.53. The number of halogens is 1. The SMILES string of the molecule is CCC(CC)(CC1OC(n2cc3c(=O)c(F)c[nH]c3nc2=S)C(O)C1O)OP(=O)(O)C(O)(CC)CC. The molecular formula is C22H33FN3O8PS. The molecule has 5 unspecified atom stereocenters. The van der Waals surface area contributed by atoms with Crippen molar-refractivity contribution in [3.05, 3.63) is 33.2 Å². The van der Waals surface area contributed by atoms with Gasteiger partial charge in [-0.25, -0.2) is 9.37 Å². The Labute approximate surface area is 212 Å². The second-order valence-corrected chi connectivity index (χ2v) is 11.5. The summed E-state index contributed by atoms with van der Waals surface area (Å²) in [5.74, 6) is -1.03. The molecule has 202 valence electrons. The van der Waals surface area contributed by atoms with Crippen molar-refractivity contribution in [2.45, 2.75) is 95.3 Å². The lowest BCUT2D eigenvalue weighted by Crippen LogP contribution is -2.42. The van der Waals surface area contributed by atoms with Crippen LogP contribution in [0.5, 0.6) is 0 Å². The van der Waals surface area contributed by atoms with Crippen LogP contribution in [0.1, 0.15) is 66.0 Å². The van der Waals surface area contributed by atoms with Gasteiger partial charge in [0.05, 0.1) is 17.1 Å². The van der Waals surface area contributed by atoms with Crippen LogP contribution in [0, 0.1) is 10.6 Å². The summed E-state index contributed by atoms with van der Waals surface area (Å²) in [4.78, 5) is 29.5. The molecule has 0 bridgehead atoms. The highest BCUT2D eigenvalue weighted by Crippen LogP contribution is 2.61. The molecule has 0 radical (unpaired) electrons. The number of H-pyrrole nitrogens is 1. The van der Waals surface area contributed by atoms with Gasteiger partial charge in [-0.1, -0.05) is 27.7 Å². The van der Waals surface area contributed by atoms with Crippen LogP contribution in [0.4, 0.5) is 4.39 Å². The lowest BCUT2D eigenvalue weighted by Gasteiger charge is -2.40. The van der Waals surface area contributed by atoms with Crippen LogP contribution in [0.15, 0.2) is 17.2 Å². The van der Waals surface area contributed by atoms with Crippen molar-refractivity contribution in [3.8, 4) is 0 Å². The number of hydrogen-bond acceptors (Lipinski definition) is 9. The second-order valence-electron chi connectivity index (χ2n) is 9.10. The fraction of sp³-hybridized carbons (Fsp3) is 0.682. The summed E-state index contributed by atoms with van der Waals surface area (Å²) in [6.45, 7) is 6.64. The standard InChI is InChI=1S/C22H33FN3O8PS/c1-5-21(6-2,34-35(31,32)22(30,7-3)8-4)9-14-16(28)17(29)19(33-14)26-11-12-15(27)13(23)10-24-18(12)25-20(26)36/h10-11,14,16-17,19,28-30H,5-9H2,1-4H3,(H,31,32)(H,24,25,36). The lowest BCUT2D eigenvalue weighted by molar-refractivity contribution is -0.0776. The van der Waals surface area contributed by atoms with E-state index in [-0.39, 0.29) is 47.9 Å². The van der Waals surface area contributed by atoms with Crippen molar-refractivity contribution < 1.29 is 38.4 Å². The highest BCUT2D eigenvalue weighted by atomic mass is 32.1. The van der Waals surface area contributed by atoms with Crippen LogP contribution >= 0.6 is 19.8 Å². The van der Waals surface area contributed by atoms with Crippen molar-refractivity contribution in [2.24, 2.45) is 0 Å². The molecule has 5 N–H and O–H groups in total. The van der Waals surface area contributed by atoms with E-state index in [9.17, 15) is 34.0 Å². The third-order valence-electron chi connectivity index (χ3n) is 7.20. The summed E-state index contributed by atoms with van der Waals surface area (Å²) in [5, 5.41) is 30.2. The second kappa shape index (κ2) is 10.7. The molecule has 0 aliphatic carbocycles. The average Bonchev–Trinajstić information content (AvgIpc) is 3.12. The molecule has 0 aromatic carbocycles. The Bertz CT molecular complexity index is 1260. The number of hydrogen-bond donors (Lipinski definition) is 5. The number of aliphatic hydroxyl groups is 3. The Hall–Kier alpha value is -1.57. The molecular weight excluding hydrogens is 516 g/mol. The van der Waals surface area contributed by atoms with Gasteiger partial charge in [-0.05, 0) is 37.9 Å². The van der Waals surface area contributed by atoms with Crippen molar-refractivity contribution in [1.82, 2.24) is 14.5 Å². The molecule has 5 atom stereocenters. The predicted molar refractivity (Wildman–Crippen MR) is 131 cm³/mol. The fourth-order valence-corrected chi connectivity index (χ4v) is 6.52. The first kappa shape index (κ1) is 29.0. The maximum Gasteiger partial charge on any atom is 0.359 e. The van der Waals surface area contributed by atoms with Crippen molar-refractivity contribution in [2.75, 3.05) is 0 Å². The number of aromatic amines is 1. The van der Waals surface area contributed by atoms with Crippen molar-refractivity contribution >= 4 is 30.8 Å². The lowest BCUT2D eigenvalue weighted by atomic mass is 9.88. The first-order valence-corrected chi connectivity index (χ1v) is 13.8. The molecule has 0 saturated carbocycles. The Morgan fingerprint density at radius 3 is 2.39 bits per heavy atom. The fourth-order valence-electron chi connectivity index (χ4n) is 4.45. The maximum absolute atomic E-state index is 13.8. The minimum atomic E-state index is -4.53. The van der Waals surface area contributed by atoms with Gasteiger partial charge in [0.2, 0.25) is 10.2 Å². The molecule has 1 aliphatic rings. The third-order valence-corrected chi connectivity index (χ3v) is 9.82. The first-order chi connectivity index (χ1) is 16.8. The van der Waals surface area contributed by atoms with Crippen molar-refractivity contribution in [1.29, 1.82) is 0 Å². The van der Waals surface area contributed by atoms with E-state index in [0.717, 1.165) is 10.8 Å². The van der Waals surface area contributed by atoms with E-state index in [1.807, 2.05) is 0 Å². The summed E-state index contributed by atoms with van der Waals surface area (Å²) >= 11 is 5.26. The van der Waals surface area contributed by atoms with Crippen LogP contribution in [0.3, 0.4) is 0 Å². The zero-order valence-electron chi connectivity index (χ0n) is 20.5. The van der Waals surface area contributed by atoms with Gasteiger partial charge in [-0.3, -0.25) is 18.5 Å². The summed E-state index contributed by atoms with van der Waals surface area (Å²) in [6.07, 6.45) is -2.84. The van der Waals surface area contributed by atoms with Gasteiger partial charge in [0.1, 0.15) is 17.9 Å². The molecule has 1 saturated heterocycles. The van der Waals surface area contributed by atoms with Crippen LogP contribution in [-0.2, 0) is 13.8 Å². The average molecular weight is 550 g/mol. The molecule has 1 fully saturated rings. The number of ether oxygens (including phenoxy) is 1. The number of nitrogens with zero attached hydrogens (tertiary/aromatic N) is 2. The number of aliphatic hydroxyl groups excluding tert-OH is 2. The normalized spacial score (nSPS) is 24.8. The Morgan fingerprint density at radius 2 is 1.83 bits per heavy atom. The molecule has 2 aromatic rings. The quantitative estimate of drug-likeness (QED) is 0.220. The Balaban J connectivity index is 1.94. The minimum Gasteiger partial charge on any atom is -0.388 e. The molecule has 36 heavy (non-hydrogen) atoms. The number of pyridine rings is 1. The van der Waals surface area contributed by atoms with E-state index < -0.39 is 54.3 Å². The zero-order chi connectivity index (χ0) is 27.1. The van der Waals surface area contributed by atoms with E-state index >= 15 is 0 Å². The van der Waals surface area contributed by atoms with Gasteiger partial charge in [0.25, 0.3) is 0 Å². The highest BCUT2D eigenvalue weighted by molar-refractivity contribution is 7.71. The van der Waals surface area contributed by atoms with Gasteiger partial charge in [-0.15, -0.1) is 0 Å². The molecule has 0 spiro atoms. The molecule has 1 aliphatic heterocycles. The topological polar surface area (TPSA) is 167 Å². The Kier molecular flexibility index (Phi) is 8.59. The van der Waals surface area contributed by atoms with Gasteiger partial charge in [0.15, 0.2) is 17.4 Å². The predicted octanol–water partition coefficient (Wildman–Crippen LogP) is 2.87. The smallest absolute Gasteiger partial charge is 0.359 e. The van der Waals surface area contributed by atoms with Crippen LogP contribution in [-0.4, -0.2) is 64.0 Å². The number of rotatable bonds is 10. The highest BCUT2D eigenvalue weighted by Gasteiger charge is 2.52. The van der Waals surface area contributed by atoms with Crippen LogP contribution < -0.4 is 5.43 Å². The number of nitrogens with one attached hydrogen (secondary N) is 1. The van der Waals surface area contributed by atoms with E-state index in [0.29, 0.717) is 0 Å². The van der Waals surface area contributed by atoms with Gasteiger partial charge >= 0.3 is 7.60 Å². The number of aromatic nitrogens is 3. The molecule has 0 amide bonds. The van der Waals surface area contributed by atoms with E-state index in [1.165, 1.54) is 6.20 Å². The van der Waals surface area contributed by atoms with Crippen LogP contribution in [0.2, 0.25) is 0 Å². The molecule has 11 nitrogen and oxygen atoms in total. The van der Waals surface area contributed by atoms with E-state index in [1.54, 1.807) is 27.7 Å². The summed E-state index contributed by atoms with van der Waals surface area (Å²) < 4.78 is 39.6. The van der Waals surface area contributed by atoms with Crippen LogP contribution in [0.25, 0.3) is 11.0 Å². The number of fused-ring (bicyclic) bond motifs is 1. The minimum absolute atomic E-state index is 0.00291. The van der Waals surface area contributed by atoms with E-state index in [4.69, 9.17) is 21.5 Å². The Morgan fingerprint density at radius 1 is 1.22 bits per heavy atom. The largest absolute Gasteiger partial charge is 0.388 e. The monoisotopic (exact) mass is 549 g/mol.